The van der Waals surface area contributed by atoms with E-state index in [0.717, 1.165) is 0 Å². The second-order valence-electron chi connectivity index (χ2n) is 5.26. The summed E-state index contributed by atoms with van der Waals surface area (Å²) in [6, 6.07) is 4.23. The Balaban J connectivity index is 2.90. The number of rotatable bonds is 1. The Morgan fingerprint density at radius 2 is 2.00 bits per heavy atom. The Morgan fingerprint density at radius 3 is 2.56 bits per heavy atom. The quantitative estimate of drug-likeness (QED) is 0.840. The van der Waals surface area contributed by atoms with Crippen molar-refractivity contribution in [1.29, 1.82) is 0 Å². The van der Waals surface area contributed by atoms with Crippen LogP contribution in [0, 0.1) is 5.82 Å². The number of aromatic nitrogens is 1. The molecule has 1 N–H and O–H groups in total. The molecule has 0 saturated carbocycles. The molecule has 0 aliphatic carbocycles. The summed E-state index contributed by atoms with van der Waals surface area (Å²) in [6.45, 7) is 5.78. The molecule has 1 aromatic heterocycles. The van der Waals surface area contributed by atoms with Gasteiger partial charge in [0.25, 0.3) is 0 Å². The average molecular weight is 247 g/mol. The van der Waals surface area contributed by atoms with Crippen molar-refractivity contribution < 1.29 is 14.3 Å². The number of carboxylic acids is 1. The molecule has 2 aromatic rings. The Labute approximate surface area is 104 Å². The number of benzene rings is 1. The van der Waals surface area contributed by atoms with E-state index in [1.165, 1.54) is 18.3 Å². The fourth-order valence-electron chi connectivity index (χ4n) is 2.14. The smallest absolute Gasteiger partial charge is 0.337 e. The molecule has 4 heteroatoms. The Kier molecular flexibility index (Phi) is 2.81. The first-order valence-corrected chi connectivity index (χ1v) is 5.63. The topological polar surface area (TPSA) is 50.2 Å². The van der Waals surface area contributed by atoms with Crippen molar-refractivity contribution >= 4 is 16.9 Å². The molecule has 0 bridgehead atoms. The first-order chi connectivity index (χ1) is 8.30. The summed E-state index contributed by atoms with van der Waals surface area (Å²) in [5.41, 5.74) is 0.971. The number of carbonyl (C=O) groups is 1. The van der Waals surface area contributed by atoms with Crippen molar-refractivity contribution in [3.05, 3.63) is 41.3 Å². The van der Waals surface area contributed by atoms with Gasteiger partial charge in [0.2, 0.25) is 0 Å². The normalized spacial score (nSPS) is 11.8. The van der Waals surface area contributed by atoms with Gasteiger partial charge in [0, 0.05) is 17.6 Å². The van der Waals surface area contributed by atoms with E-state index in [1.54, 1.807) is 6.07 Å². The first-order valence-electron chi connectivity index (χ1n) is 5.63. The molecule has 18 heavy (non-hydrogen) atoms. The van der Waals surface area contributed by atoms with Crippen molar-refractivity contribution in [2.75, 3.05) is 0 Å². The Bertz CT molecular complexity index is 629. The van der Waals surface area contributed by atoms with Crippen LogP contribution in [0.3, 0.4) is 0 Å². The standard InChI is InChI=1S/C14H14FNO2/c1-14(2,3)12-9-5-4-8(15)6-11(9)16-7-10(12)13(17)18/h4-7H,1-3H3,(H,17,18). The van der Waals surface area contributed by atoms with Crippen molar-refractivity contribution in [2.24, 2.45) is 0 Å². The molecule has 0 spiro atoms. The van der Waals surface area contributed by atoms with Crippen molar-refractivity contribution in [3.63, 3.8) is 0 Å². The lowest BCUT2D eigenvalue weighted by molar-refractivity contribution is 0.0694. The van der Waals surface area contributed by atoms with E-state index >= 15 is 0 Å². The molecule has 0 amide bonds. The van der Waals surface area contributed by atoms with Crippen molar-refractivity contribution in [2.45, 2.75) is 26.2 Å². The maximum absolute atomic E-state index is 13.2. The van der Waals surface area contributed by atoms with Crippen LogP contribution in [0.1, 0.15) is 36.7 Å². The van der Waals surface area contributed by atoms with Crippen LogP contribution in [0.5, 0.6) is 0 Å². The SMILES string of the molecule is CC(C)(C)c1c(C(=O)O)cnc2cc(F)ccc12. The summed E-state index contributed by atoms with van der Waals surface area (Å²) < 4.78 is 13.2. The molecule has 0 aliphatic rings. The fourth-order valence-corrected chi connectivity index (χ4v) is 2.14. The van der Waals surface area contributed by atoms with Gasteiger partial charge in [-0.05, 0) is 23.1 Å². The molecule has 0 radical (unpaired) electrons. The maximum Gasteiger partial charge on any atom is 0.337 e. The predicted molar refractivity (Wildman–Crippen MR) is 67.4 cm³/mol. The van der Waals surface area contributed by atoms with Crippen LogP contribution in [0.4, 0.5) is 4.39 Å². The average Bonchev–Trinajstić information content (AvgIpc) is 2.25. The number of hydrogen-bond acceptors (Lipinski definition) is 2. The highest BCUT2D eigenvalue weighted by Crippen LogP contribution is 2.32. The zero-order chi connectivity index (χ0) is 13.5. The molecular weight excluding hydrogens is 233 g/mol. The molecule has 94 valence electrons. The van der Waals surface area contributed by atoms with Gasteiger partial charge in [-0.3, -0.25) is 4.98 Å². The van der Waals surface area contributed by atoms with Gasteiger partial charge >= 0.3 is 5.97 Å². The van der Waals surface area contributed by atoms with E-state index in [0.29, 0.717) is 16.5 Å². The number of pyridine rings is 1. The molecule has 0 fully saturated rings. The van der Waals surface area contributed by atoms with E-state index in [4.69, 9.17) is 0 Å². The molecule has 1 aromatic carbocycles. The van der Waals surface area contributed by atoms with Gasteiger partial charge in [-0.1, -0.05) is 20.8 Å². The van der Waals surface area contributed by atoms with Crippen molar-refractivity contribution in [1.82, 2.24) is 4.98 Å². The molecule has 0 unspecified atom stereocenters. The van der Waals surface area contributed by atoms with Crippen LogP contribution >= 0.6 is 0 Å². The van der Waals surface area contributed by atoms with Gasteiger partial charge in [-0.15, -0.1) is 0 Å². The third-order valence-corrected chi connectivity index (χ3v) is 2.81. The van der Waals surface area contributed by atoms with Crippen LogP contribution in [0.2, 0.25) is 0 Å². The number of carboxylic acid groups (broad SMARTS) is 1. The van der Waals surface area contributed by atoms with Crippen LogP contribution in [-0.2, 0) is 5.41 Å². The molecule has 2 rings (SSSR count). The summed E-state index contributed by atoms with van der Waals surface area (Å²) in [7, 11) is 0. The lowest BCUT2D eigenvalue weighted by Gasteiger charge is -2.23. The second kappa shape index (κ2) is 4.05. The van der Waals surface area contributed by atoms with Gasteiger partial charge < -0.3 is 5.11 Å². The van der Waals surface area contributed by atoms with Gasteiger partial charge in [0.05, 0.1) is 11.1 Å². The second-order valence-corrected chi connectivity index (χ2v) is 5.26. The van der Waals surface area contributed by atoms with Crippen LogP contribution in [0.15, 0.2) is 24.4 Å². The molecule has 0 atom stereocenters. The summed E-state index contributed by atoms with van der Waals surface area (Å²) in [4.78, 5) is 15.3. The van der Waals surface area contributed by atoms with Gasteiger partial charge in [-0.25, -0.2) is 9.18 Å². The minimum Gasteiger partial charge on any atom is -0.478 e. The van der Waals surface area contributed by atoms with E-state index in [-0.39, 0.29) is 16.8 Å². The van der Waals surface area contributed by atoms with E-state index < -0.39 is 5.97 Å². The molecule has 0 aliphatic heterocycles. The highest BCUT2D eigenvalue weighted by molar-refractivity contribution is 5.96. The molecule has 1 heterocycles. The minimum absolute atomic E-state index is 0.168. The maximum atomic E-state index is 13.2. The summed E-state index contributed by atoms with van der Waals surface area (Å²) in [5.74, 6) is -1.39. The lowest BCUT2D eigenvalue weighted by atomic mass is 9.82. The van der Waals surface area contributed by atoms with E-state index in [9.17, 15) is 14.3 Å². The molecular formula is C14H14FNO2. The number of aromatic carboxylic acids is 1. The zero-order valence-corrected chi connectivity index (χ0v) is 10.5. The summed E-state index contributed by atoms with van der Waals surface area (Å²) in [5, 5.41) is 9.91. The third kappa shape index (κ3) is 2.06. The fraction of sp³-hybridized carbons (Fsp3) is 0.286. The predicted octanol–water partition coefficient (Wildman–Crippen LogP) is 3.37. The Morgan fingerprint density at radius 1 is 1.33 bits per heavy atom. The summed E-state index contributed by atoms with van der Waals surface area (Å²) >= 11 is 0. The lowest BCUT2D eigenvalue weighted by Crippen LogP contribution is -2.18. The van der Waals surface area contributed by atoms with Gasteiger partial charge in [0.1, 0.15) is 5.82 Å². The number of halogens is 1. The van der Waals surface area contributed by atoms with Crippen LogP contribution in [0.25, 0.3) is 10.9 Å². The van der Waals surface area contributed by atoms with Gasteiger partial charge in [-0.2, -0.15) is 0 Å². The number of nitrogens with zero attached hydrogens (tertiary/aromatic N) is 1. The third-order valence-electron chi connectivity index (χ3n) is 2.81. The number of fused-ring (bicyclic) bond motifs is 1. The highest BCUT2D eigenvalue weighted by atomic mass is 19.1. The molecule has 3 nitrogen and oxygen atoms in total. The van der Waals surface area contributed by atoms with Crippen LogP contribution < -0.4 is 0 Å². The van der Waals surface area contributed by atoms with Crippen molar-refractivity contribution in [3.8, 4) is 0 Å². The zero-order valence-electron chi connectivity index (χ0n) is 10.5. The Hall–Kier alpha value is -1.97. The largest absolute Gasteiger partial charge is 0.478 e. The molecule has 0 saturated heterocycles. The van der Waals surface area contributed by atoms with E-state index in [2.05, 4.69) is 4.98 Å². The monoisotopic (exact) mass is 247 g/mol. The van der Waals surface area contributed by atoms with Gasteiger partial charge in [0.15, 0.2) is 0 Å². The number of hydrogen-bond donors (Lipinski definition) is 1. The van der Waals surface area contributed by atoms with Crippen LogP contribution in [-0.4, -0.2) is 16.1 Å². The highest BCUT2D eigenvalue weighted by Gasteiger charge is 2.24. The first kappa shape index (κ1) is 12.5. The minimum atomic E-state index is -1.02. The van der Waals surface area contributed by atoms with E-state index in [1.807, 2.05) is 20.8 Å². The summed E-state index contributed by atoms with van der Waals surface area (Å²) in [6.07, 6.45) is 1.30.